The van der Waals surface area contributed by atoms with Gasteiger partial charge in [0.15, 0.2) is 5.78 Å². The van der Waals surface area contributed by atoms with Crippen molar-refractivity contribution in [2.45, 2.75) is 27.2 Å². The maximum Gasteiger partial charge on any atom is 0.160 e. The zero-order valence-corrected chi connectivity index (χ0v) is 17.3. The van der Waals surface area contributed by atoms with Gasteiger partial charge < -0.3 is 0 Å². The lowest BCUT2D eigenvalue weighted by molar-refractivity contribution is -0.111. The molecule has 0 aliphatic carbocycles. The minimum Gasteiger partial charge on any atom is -0.294 e. The van der Waals surface area contributed by atoms with Gasteiger partial charge in [-0.1, -0.05) is 66.7 Å². The van der Waals surface area contributed by atoms with Gasteiger partial charge >= 0.3 is 0 Å². The van der Waals surface area contributed by atoms with Gasteiger partial charge in [-0.2, -0.15) is 0 Å². The second kappa shape index (κ2) is 9.68. The number of hydrogen-bond acceptors (Lipinski definition) is 2. The highest BCUT2D eigenvalue weighted by atomic mass is 35.5. The SMILES string of the molecule is C=C/C=C(\C=C(/C)Cl)CN1CCC(C)=C(/C(C(C)=O)=c2/ccccc2=C)C1. The van der Waals surface area contributed by atoms with E-state index in [9.17, 15) is 4.79 Å². The molecular weight excluding hydrogens is 354 g/mol. The summed E-state index contributed by atoms with van der Waals surface area (Å²) in [7, 11) is 0. The summed E-state index contributed by atoms with van der Waals surface area (Å²) in [5.41, 5.74) is 4.30. The Kier molecular flexibility index (Phi) is 7.58. The highest BCUT2D eigenvalue weighted by molar-refractivity contribution is 6.29. The van der Waals surface area contributed by atoms with Crippen LogP contribution in [-0.2, 0) is 4.79 Å². The number of benzene rings is 1. The number of hydrogen-bond donors (Lipinski definition) is 0. The van der Waals surface area contributed by atoms with Crippen molar-refractivity contribution in [1.82, 2.24) is 4.90 Å². The van der Waals surface area contributed by atoms with Crippen molar-refractivity contribution in [3.63, 3.8) is 0 Å². The van der Waals surface area contributed by atoms with Crippen LogP contribution in [0.4, 0.5) is 0 Å². The molecule has 142 valence electrons. The van der Waals surface area contributed by atoms with E-state index in [1.165, 1.54) is 5.57 Å². The van der Waals surface area contributed by atoms with E-state index in [0.29, 0.717) is 0 Å². The van der Waals surface area contributed by atoms with E-state index in [0.717, 1.165) is 58.2 Å². The molecule has 0 saturated carbocycles. The molecule has 2 rings (SSSR count). The minimum absolute atomic E-state index is 0.0839. The van der Waals surface area contributed by atoms with Gasteiger partial charge in [-0.3, -0.25) is 9.69 Å². The normalized spacial score (nSPS) is 17.8. The second-order valence-corrected chi connectivity index (χ2v) is 7.61. The molecule has 0 amide bonds. The van der Waals surface area contributed by atoms with Crippen molar-refractivity contribution in [1.29, 1.82) is 0 Å². The first-order valence-corrected chi connectivity index (χ1v) is 9.57. The van der Waals surface area contributed by atoms with Crippen LogP contribution in [0, 0.1) is 0 Å². The Labute approximate surface area is 167 Å². The lowest BCUT2D eigenvalue weighted by Crippen LogP contribution is -2.36. The quantitative estimate of drug-likeness (QED) is 0.691. The summed E-state index contributed by atoms with van der Waals surface area (Å²) >= 11 is 6.07. The summed E-state index contributed by atoms with van der Waals surface area (Å²) in [5.74, 6) is 0.0839. The molecule has 0 fully saturated rings. The first kappa shape index (κ1) is 21.1. The third kappa shape index (κ3) is 5.66. The predicted molar refractivity (Wildman–Crippen MR) is 117 cm³/mol. The van der Waals surface area contributed by atoms with Crippen molar-refractivity contribution in [2.24, 2.45) is 0 Å². The van der Waals surface area contributed by atoms with Crippen LogP contribution in [0.5, 0.6) is 0 Å². The standard InChI is InChI=1S/C24H28ClNO/c1-6-9-21(14-19(4)25)15-26-13-12-18(3)23(16-26)24(20(5)27)22-11-8-7-10-17(22)2/h6-11,14H,1-2,12-13,15-16H2,3-5H3/b19-14+,21-9+,24-22-. The van der Waals surface area contributed by atoms with Crippen LogP contribution in [0.25, 0.3) is 12.2 Å². The Hall–Kier alpha value is -2.16. The highest BCUT2D eigenvalue weighted by Gasteiger charge is 2.22. The van der Waals surface area contributed by atoms with Gasteiger partial charge in [0.05, 0.1) is 0 Å². The topological polar surface area (TPSA) is 20.3 Å². The lowest BCUT2D eigenvalue weighted by Gasteiger charge is -2.31. The van der Waals surface area contributed by atoms with Crippen LogP contribution in [0.15, 0.2) is 70.8 Å². The number of ketones is 1. The number of allylic oxidation sites excluding steroid dienone is 3. The smallest absolute Gasteiger partial charge is 0.160 e. The third-order valence-electron chi connectivity index (χ3n) is 4.76. The Morgan fingerprint density at radius 3 is 2.59 bits per heavy atom. The largest absolute Gasteiger partial charge is 0.294 e. The molecule has 0 N–H and O–H groups in total. The first-order valence-electron chi connectivity index (χ1n) is 9.19. The van der Waals surface area contributed by atoms with E-state index in [4.69, 9.17) is 11.6 Å². The number of nitrogens with zero attached hydrogens (tertiary/aromatic N) is 1. The number of carbonyl (C=O) groups excluding carboxylic acids is 1. The van der Waals surface area contributed by atoms with E-state index < -0.39 is 0 Å². The van der Waals surface area contributed by atoms with Gasteiger partial charge in [-0.15, -0.1) is 0 Å². The molecule has 2 nitrogen and oxygen atoms in total. The summed E-state index contributed by atoms with van der Waals surface area (Å²) in [6.45, 7) is 16.0. The maximum absolute atomic E-state index is 12.5. The Morgan fingerprint density at radius 2 is 2.00 bits per heavy atom. The van der Waals surface area contributed by atoms with E-state index >= 15 is 0 Å². The van der Waals surface area contributed by atoms with Crippen molar-refractivity contribution >= 4 is 29.5 Å². The highest BCUT2D eigenvalue weighted by Crippen LogP contribution is 2.25. The molecule has 1 aliphatic heterocycles. The molecule has 0 bridgehead atoms. The summed E-state index contributed by atoms with van der Waals surface area (Å²) in [4.78, 5) is 14.9. The number of Topliss-reactive ketones (excluding diaryl/α,β-unsaturated/α-hetero) is 1. The fourth-order valence-corrected chi connectivity index (χ4v) is 3.62. The summed E-state index contributed by atoms with van der Waals surface area (Å²) in [6, 6.07) is 7.85. The van der Waals surface area contributed by atoms with E-state index in [1.807, 2.05) is 43.3 Å². The predicted octanol–water partition coefficient (Wildman–Crippen LogP) is 4.11. The molecule has 0 saturated heterocycles. The monoisotopic (exact) mass is 381 g/mol. The van der Waals surface area contributed by atoms with Gasteiger partial charge in [-0.25, -0.2) is 0 Å². The van der Waals surface area contributed by atoms with Crippen molar-refractivity contribution < 1.29 is 4.79 Å². The van der Waals surface area contributed by atoms with Crippen molar-refractivity contribution in [3.8, 4) is 0 Å². The Bertz CT molecular complexity index is 929. The second-order valence-electron chi connectivity index (χ2n) is 7.02. The molecule has 0 aromatic heterocycles. The zero-order valence-electron chi connectivity index (χ0n) is 16.5. The Morgan fingerprint density at radius 1 is 1.30 bits per heavy atom. The number of halogens is 1. The van der Waals surface area contributed by atoms with E-state index in [2.05, 4.69) is 25.0 Å². The fourth-order valence-electron chi connectivity index (χ4n) is 3.48. The number of rotatable bonds is 6. The average Bonchev–Trinajstić information content (AvgIpc) is 2.59. The molecular formula is C24H28ClNO. The van der Waals surface area contributed by atoms with Crippen LogP contribution in [0.3, 0.4) is 0 Å². The number of carbonyl (C=O) groups is 1. The van der Waals surface area contributed by atoms with E-state index in [-0.39, 0.29) is 5.78 Å². The van der Waals surface area contributed by atoms with Crippen LogP contribution in [0.2, 0.25) is 0 Å². The third-order valence-corrected chi connectivity index (χ3v) is 4.87. The molecule has 1 aromatic carbocycles. The maximum atomic E-state index is 12.5. The molecule has 1 aliphatic rings. The molecule has 27 heavy (non-hydrogen) atoms. The van der Waals surface area contributed by atoms with Crippen LogP contribution >= 0.6 is 11.6 Å². The fraction of sp³-hybridized carbons (Fsp3) is 0.292. The van der Waals surface area contributed by atoms with Crippen molar-refractivity contribution in [3.05, 3.63) is 81.3 Å². The van der Waals surface area contributed by atoms with Gasteiger partial charge in [0.25, 0.3) is 0 Å². The van der Waals surface area contributed by atoms with Crippen LogP contribution in [-0.4, -0.2) is 30.3 Å². The van der Waals surface area contributed by atoms with E-state index in [1.54, 1.807) is 13.0 Å². The minimum atomic E-state index is 0.0839. The van der Waals surface area contributed by atoms with Crippen molar-refractivity contribution in [2.75, 3.05) is 19.6 Å². The van der Waals surface area contributed by atoms with Crippen LogP contribution in [0.1, 0.15) is 27.2 Å². The lowest BCUT2D eigenvalue weighted by atomic mass is 9.90. The van der Waals surface area contributed by atoms with Gasteiger partial charge in [0, 0.05) is 30.2 Å². The molecule has 3 heteroatoms. The summed E-state index contributed by atoms with van der Waals surface area (Å²) in [5, 5.41) is 2.56. The first-order chi connectivity index (χ1) is 12.8. The average molecular weight is 382 g/mol. The molecule has 0 atom stereocenters. The van der Waals surface area contributed by atoms with Gasteiger partial charge in [0.1, 0.15) is 0 Å². The molecule has 0 unspecified atom stereocenters. The summed E-state index contributed by atoms with van der Waals surface area (Å²) in [6.07, 6.45) is 6.67. The Balaban J connectivity index is 2.44. The molecule has 0 spiro atoms. The molecule has 1 aromatic rings. The summed E-state index contributed by atoms with van der Waals surface area (Å²) < 4.78 is 0. The molecule has 1 heterocycles. The zero-order chi connectivity index (χ0) is 20.0. The van der Waals surface area contributed by atoms with Gasteiger partial charge in [-0.05, 0) is 54.9 Å². The van der Waals surface area contributed by atoms with Crippen LogP contribution < -0.4 is 10.4 Å². The van der Waals surface area contributed by atoms with Gasteiger partial charge in [0.2, 0.25) is 0 Å². The molecule has 0 radical (unpaired) electrons.